The quantitative estimate of drug-likeness (QED) is 0.337. The van der Waals surface area contributed by atoms with E-state index in [1.807, 2.05) is 19.1 Å². The number of ketones is 1. The lowest BCUT2D eigenvalue weighted by Crippen LogP contribution is -2.20. The predicted octanol–water partition coefficient (Wildman–Crippen LogP) is 3.59. The maximum Gasteiger partial charge on any atom is 0.328 e. The second-order valence-corrected chi connectivity index (χ2v) is 8.84. The fourth-order valence-electron chi connectivity index (χ4n) is 4.48. The Morgan fingerprint density at radius 2 is 2.00 bits per heavy atom. The lowest BCUT2D eigenvalue weighted by atomic mass is 9.96. The van der Waals surface area contributed by atoms with Crippen LogP contribution in [0.1, 0.15) is 35.7 Å². The Balaban J connectivity index is 1.50. The third kappa shape index (κ3) is 4.85. The van der Waals surface area contributed by atoms with Crippen LogP contribution in [0.2, 0.25) is 0 Å². The van der Waals surface area contributed by atoms with Crippen molar-refractivity contribution in [3.8, 4) is 11.1 Å². The predicted molar refractivity (Wildman–Crippen MR) is 133 cm³/mol. The number of nitrogens with one attached hydrogen (secondary N) is 3. The fourth-order valence-corrected chi connectivity index (χ4v) is 4.48. The summed E-state index contributed by atoms with van der Waals surface area (Å²) < 4.78 is 14.9. The molecular weight excluding hydrogens is 447 g/mol. The van der Waals surface area contributed by atoms with Crippen molar-refractivity contribution in [3.05, 3.63) is 76.1 Å². The van der Waals surface area contributed by atoms with Gasteiger partial charge in [0.05, 0.1) is 12.7 Å². The van der Waals surface area contributed by atoms with Crippen LogP contribution in [0, 0.1) is 11.7 Å². The van der Waals surface area contributed by atoms with Gasteiger partial charge < -0.3 is 15.6 Å². The monoisotopic (exact) mass is 474 g/mol. The standard InChI is InChI=1S/C26H27FN6O2/c1-2-23(34)21-8-5-18(17-3-6-20(27)7-4-17)11-19(21)15-33-24-22(31-26(33)35)14-30-25(32-24)29-13-16-9-10-28-12-16/h3-8,11,14,16,28H,2,9-10,12-13,15H2,1H3,(H,31,35)(H,29,30,32)/t16-/m1/s1. The molecule has 5 rings (SSSR count). The van der Waals surface area contributed by atoms with Crippen LogP contribution < -0.4 is 16.3 Å². The number of fused-ring (bicyclic) bond motifs is 1. The topological polar surface area (TPSA) is 105 Å². The second-order valence-electron chi connectivity index (χ2n) is 8.84. The van der Waals surface area contributed by atoms with Crippen LogP contribution in [-0.2, 0) is 6.54 Å². The van der Waals surface area contributed by atoms with E-state index in [0.29, 0.717) is 40.6 Å². The van der Waals surface area contributed by atoms with Gasteiger partial charge in [0, 0.05) is 18.5 Å². The second kappa shape index (κ2) is 9.79. The summed E-state index contributed by atoms with van der Waals surface area (Å²) in [6, 6.07) is 11.7. The summed E-state index contributed by atoms with van der Waals surface area (Å²) in [5.74, 6) is 0.646. The number of anilines is 1. The lowest BCUT2D eigenvalue weighted by Gasteiger charge is -2.13. The number of benzene rings is 2. The number of halogens is 1. The highest BCUT2D eigenvalue weighted by Gasteiger charge is 2.18. The van der Waals surface area contributed by atoms with Gasteiger partial charge in [0.15, 0.2) is 11.4 Å². The van der Waals surface area contributed by atoms with Gasteiger partial charge in [-0.15, -0.1) is 0 Å². The van der Waals surface area contributed by atoms with Crippen LogP contribution in [0.5, 0.6) is 0 Å². The molecule has 3 heterocycles. The number of carbonyl (C=O) groups excluding carboxylic acids is 1. The minimum absolute atomic E-state index is 0.0132. The molecule has 0 aliphatic carbocycles. The normalized spacial score (nSPS) is 15.5. The summed E-state index contributed by atoms with van der Waals surface area (Å²) in [5, 5.41) is 6.62. The molecule has 0 radical (unpaired) electrons. The fraction of sp³-hybridized carbons (Fsp3) is 0.308. The highest BCUT2D eigenvalue weighted by atomic mass is 19.1. The Morgan fingerprint density at radius 1 is 1.20 bits per heavy atom. The molecule has 8 nitrogen and oxygen atoms in total. The van der Waals surface area contributed by atoms with Gasteiger partial charge in [0.2, 0.25) is 5.95 Å². The van der Waals surface area contributed by atoms with E-state index in [-0.39, 0.29) is 23.8 Å². The van der Waals surface area contributed by atoms with E-state index in [2.05, 4.69) is 25.6 Å². The highest BCUT2D eigenvalue weighted by Crippen LogP contribution is 2.25. The first-order chi connectivity index (χ1) is 17.0. The molecule has 1 saturated heterocycles. The number of H-pyrrole nitrogens is 1. The van der Waals surface area contributed by atoms with Gasteiger partial charge in [-0.1, -0.05) is 31.2 Å². The van der Waals surface area contributed by atoms with Crippen molar-refractivity contribution in [2.45, 2.75) is 26.3 Å². The van der Waals surface area contributed by atoms with Gasteiger partial charge in [-0.05, 0) is 60.3 Å². The molecule has 3 N–H and O–H groups in total. The van der Waals surface area contributed by atoms with Gasteiger partial charge >= 0.3 is 5.69 Å². The van der Waals surface area contributed by atoms with Crippen molar-refractivity contribution in [1.29, 1.82) is 0 Å². The molecule has 1 fully saturated rings. The zero-order valence-corrected chi connectivity index (χ0v) is 19.5. The average molecular weight is 475 g/mol. The molecule has 0 spiro atoms. The first-order valence-corrected chi connectivity index (χ1v) is 11.8. The molecule has 9 heteroatoms. The molecule has 1 atom stereocenters. The summed E-state index contributed by atoms with van der Waals surface area (Å²) in [5.41, 5.74) is 3.59. The molecule has 0 amide bonds. The van der Waals surface area contributed by atoms with Crippen LogP contribution in [-0.4, -0.2) is 44.9 Å². The van der Waals surface area contributed by atoms with E-state index < -0.39 is 0 Å². The Morgan fingerprint density at radius 3 is 2.74 bits per heavy atom. The van der Waals surface area contributed by atoms with Gasteiger partial charge in [-0.2, -0.15) is 4.98 Å². The molecule has 1 aliphatic heterocycles. The minimum Gasteiger partial charge on any atom is -0.354 e. The maximum absolute atomic E-state index is 13.4. The minimum atomic E-state index is -0.325. The zero-order chi connectivity index (χ0) is 24.4. The van der Waals surface area contributed by atoms with Gasteiger partial charge in [-0.3, -0.25) is 9.36 Å². The number of aromatic nitrogens is 4. The molecule has 1 aliphatic rings. The van der Waals surface area contributed by atoms with Crippen molar-refractivity contribution in [2.24, 2.45) is 5.92 Å². The third-order valence-corrected chi connectivity index (χ3v) is 6.46. The number of aromatic amines is 1. The van der Waals surface area contributed by atoms with Crippen LogP contribution in [0.4, 0.5) is 10.3 Å². The molecule has 180 valence electrons. The Bertz CT molecular complexity index is 1420. The van der Waals surface area contributed by atoms with E-state index >= 15 is 0 Å². The van der Waals surface area contributed by atoms with Gasteiger partial charge in [0.25, 0.3) is 0 Å². The molecule has 0 unspecified atom stereocenters. The van der Waals surface area contributed by atoms with Crippen LogP contribution in [0.15, 0.2) is 53.5 Å². The summed E-state index contributed by atoms with van der Waals surface area (Å²) in [6.07, 6.45) is 3.04. The molecule has 4 aromatic rings. The number of carbonyl (C=O) groups is 1. The lowest BCUT2D eigenvalue weighted by molar-refractivity contribution is 0.0987. The number of Topliss-reactive ketones (excluding diaryl/α,β-unsaturated/α-hetero) is 1. The maximum atomic E-state index is 13.4. The van der Waals surface area contributed by atoms with Crippen molar-refractivity contribution >= 4 is 22.9 Å². The third-order valence-electron chi connectivity index (χ3n) is 6.46. The summed E-state index contributed by atoms with van der Waals surface area (Å²) in [4.78, 5) is 37.3. The Kier molecular flexibility index (Phi) is 6.41. The van der Waals surface area contributed by atoms with E-state index in [0.717, 1.165) is 37.2 Å². The molecule has 0 saturated carbocycles. The number of hydrogen-bond acceptors (Lipinski definition) is 6. The molecule has 2 aromatic carbocycles. The Hall–Kier alpha value is -3.85. The van der Waals surface area contributed by atoms with Crippen LogP contribution in [0.3, 0.4) is 0 Å². The first-order valence-electron chi connectivity index (χ1n) is 11.8. The van der Waals surface area contributed by atoms with Gasteiger partial charge in [0.1, 0.15) is 11.3 Å². The number of rotatable bonds is 8. The van der Waals surface area contributed by atoms with E-state index in [1.54, 1.807) is 24.4 Å². The van der Waals surface area contributed by atoms with E-state index in [4.69, 9.17) is 0 Å². The zero-order valence-electron chi connectivity index (χ0n) is 19.5. The molecule has 35 heavy (non-hydrogen) atoms. The summed E-state index contributed by atoms with van der Waals surface area (Å²) >= 11 is 0. The summed E-state index contributed by atoms with van der Waals surface area (Å²) in [7, 11) is 0. The van der Waals surface area contributed by atoms with Crippen molar-refractivity contribution in [1.82, 2.24) is 24.8 Å². The van der Waals surface area contributed by atoms with Crippen molar-refractivity contribution in [3.63, 3.8) is 0 Å². The van der Waals surface area contributed by atoms with Crippen LogP contribution >= 0.6 is 0 Å². The molecule has 2 aromatic heterocycles. The highest BCUT2D eigenvalue weighted by molar-refractivity contribution is 5.98. The number of nitrogens with zero attached hydrogens (tertiary/aromatic N) is 3. The number of imidazole rings is 1. The van der Waals surface area contributed by atoms with Crippen LogP contribution in [0.25, 0.3) is 22.3 Å². The van der Waals surface area contributed by atoms with E-state index in [1.165, 1.54) is 16.7 Å². The average Bonchev–Trinajstić information content (AvgIpc) is 3.50. The van der Waals surface area contributed by atoms with Crippen molar-refractivity contribution in [2.75, 3.05) is 25.0 Å². The smallest absolute Gasteiger partial charge is 0.328 e. The molecule has 0 bridgehead atoms. The largest absolute Gasteiger partial charge is 0.354 e. The van der Waals surface area contributed by atoms with Crippen molar-refractivity contribution < 1.29 is 9.18 Å². The summed E-state index contributed by atoms with van der Waals surface area (Å²) in [6.45, 7) is 4.70. The Labute approximate surface area is 201 Å². The number of hydrogen-bond donors (Lipinski definition) is 3. The van der Waals surface area contributed by atoms with E-state index in [9.17, 15) is 14.0 Å². The SMILES string of the molecule is CCC(=O)c1ccc(-c2ccc(F)cc2)cc1Cn1c(=O)[nH]c2cnc(NC[C@@H]3CCNC3)nc21. The first kappa shape index (κ1) is 22.9. The van der Waals surface area contributed by atoms with Gasteiger partial charge in [-0.25, -0.2) is 14.2 Å². The molecular formula is C26H27FN6O2.